The molecule has 74 heavy (non-hydrogen) atoms. The fourth-order valence-electron chi connectivity index (χ4n) is 8.18. The van der Waals surface area contributed by atoms with Gasteiger partial charge in [-0.3, -0.25) is 14.4 Å². The number of rotatable bonds is 54. The van der Waals surface area contributed by atoms with Crippen molar-refractivity contribution < 1.29 is 28.6 Å². The SMILES string of the molecule is CC/C=C\C/C=C\C/C=C\C/C=C\C/C=C\C/C=C\C/C=C\C/C=C\C/C=C\C/C=C\CCCCCCC(=O)OCC(COC(=O)CCCCCCC)OC(=O)CCCCCCCCCCCCCCCCCC. The summed E-state index contributed by atoms with van der Waals surface area (Å²) in [6.07, 6.45) is 85.3. The number of hydrogen-bond acceptors (Lipinski definition) is 6. The van der Waals surface area contributed by atoms with Crippen molar-refractivity contribution in [2.45, 2.75) is 277 Å². The van der Waals surface area contributed by atoms with Crippen molar-refractivity contribution in [1.82, 2.24) is 0 Å². The van der Waals surface area contributed by atoms with Crippen molar-refractivity contribution >= 4 is 17.9 Å². The van der Waals surface area contributed by atoms with Gasteiger partial charge in [0.25, 0.3) is 0 Å². The highest BCUT2D eigenvalue weighted by atomic mass is 16.6. The Morgan fingerprint density at radius 2 is 0.527 bits per heavy atom. The second-order valence-corrected chi connectivity index (χ2v) is 19.9. The Kier molecular flexibility index (Phi) is 57.9. The van der Waals surface area contributed by atoms with Gasteiger partial charge < -0.3 is 14.2 Å². The highest BCUT2D eigenvalue weighted by Crippen LogP contribution is 2.15. The smallest absolute Gasteiger partial charge is 0.306 e. The second-order valence-electron chi connectivity index (χ2n) is 19.9. The van der Waals surface area contributed by atoms with Crippen molar-refractivity contribution in [3.8, 4) is 0 Å². The predicted molar refractivity (Wildman–Crippen MR) is 320 cm³/mol. The first-order valence-corrected chi connectivity index (χ1v) is 30.5. The van der Waals surface area contributed by atoms with Gasteiger partial charge in [-0.05, 0) is 96.3 Å². The van der Waals surface area contributed by atoms with E-state index in [1.807, 2.05) is 0 Å². The molecule has 0 spiro atoms. The molecule has 0 fully saturated rings. The zero-order valence-corrected chi connectivity index (χ0v) is 48.1. The molecule has 0 rings (SSSR count). The monoisotopic (exact) mass is 1020 g/mol. The van der Waals surface area contributed by atoms with E-state index in [2.05, 4.69) is 142 Å². The summed E-state index contributed by atoms with van der Waals surface area (Å²) in [6.45, 7) is 6.43. The lowest BCUT2D eigenvalue weighted by Gasteiger charge is -2.18. The fourth-order valence-corrected chi connectivity index (χ4v) is 8.18. The van der Waals surface area contributed by atoms with Crippen LogP contribution in [0.15, 0.2) is 122 Å². The number of carbonyl (C=O) groups is 3. The van der Waals surface area contributed by atoms with Crippen molar-refractivity contribution in [3.05, 3.63) is 122 Å². The standard InChI is InChI=1S/C68H112O6/c1-4-7-10-13-15-17-19-21-23-25-26-27-28-29-30-31-32-33-34-35-36-37-38-39-40-41-42-43-45-46-48-50-52-55-58-61-67(70)73-64-65(63-72-66(69)60-57-54-12-9-6-3)74-68(71)62-59-56-53-51-49-47-44-24-22-20-18-16-14-11-8-5-2/h7,10,15,17,21,23,26-27,29-30,32-33,35-36,38-39,41-42,45-46,65H,4-6,8-9,11-14,16,18-20,22,24-25,28,31,34,37,40,43-44,47-64H2,1-3H3/b10-7-,17-15-,23-21-,27-26-,30-29-,33-32-,36-35-,39-38-,42-41-,46-45-. The van der Waals surface area contributed by atoms with Crippen LogP contribution < -0.4 is 0 Å². The van der Waals surface area contributed by atoms with E-state index < -0.39 is 6.10 Å². The summed E-state index contributed by atoms with van der Waals surface area (Å²) in [5.41, 5.74) is 0. The molecule has 0 aliphatic carbocycles. The summed E-state index contributed by atoms with van der Waals surface area (Å²) in [7, 11) is 0. The quantitative estimate of drug-likeness (QED) is 0.0261. The largest absolute Gasteiger partial charge is 0.462 e. The van der Waals surface area contributed by atoms with Crippen LogP contribution in [0.2, 0.25) is 0 Å². The second kappa shape index (κ2) is 61.4. The van der Waals surface area contributed by atoms with Crippen LogP contribution in [0.5, 0.6) is 0 Å². The molecule has 0 aromatic rings. The van der Waals surface area contributed by atoms with Crippen LogP contribution >= 0.6 is 0 Å². The Morgan fingerprint density at radius 3 is 0.824 bits per heavy atom. The molecule has 6 heteroatoms. The molecule has 0 bridgehead atoms. The first-order valence-electron chi connectivity index (χ1n) is 30.5. The van der Waals surface area contributed by atoms with E-state index in [1.165, 1.54) is 89.9 Å². The highest BCUT2D eigenvalue weighted by Gasteiger charge is 2.19. The normalized spacial score (nSPS) is 13.0. The number of hydrogen-bond donors (Lipinski definition) is 0. The van der Waals surface area contributed by atoms with E-state index in [0.29, 0.717) is 19.3 Å². The van der Waals surface area contributed by atoms with Crippen molar-refractivity contribution in [3.63, 3.8) is 0 Å². The minimum absolute atomic E-state index is 0.0861. The van der Waals surface area contributed by atoms with E-state index >= 15 is 0 Å². The van der Waals surface area contributed by atoms with E-state index in [-0.39, 0.29) is 31.1 Å². The van der Waals surface area contributed by atoms with Crippen LogP contribution in [0.3, 0.4) is 0 Å². The van der Waals surface area contributed by atoms with Gasteiger partial charge >= 0.3 is 17.9 Å². The van der Waals surface area contributed by atoms with E-state index in [0.717, 1.165) is 141 Å². The van der Waals surface area contributed by atoms with Crippen LogP contribution in [0, 0.1) is 0 Å². The number of carbonyl (C=O) groups excluding carboxylic acids is 3. The van der Waals surface area contributed by atoms with Crippen LogP contribution in [0.25, 0.3) is 0 Å². The Labute approximate surface area is 456 Å². The highest BCUT2D eigenvalue weighted by molar-refractivity contribution is 5.71. The maximum absolute atomic E-state index is 12.8. The van der Waals surface area contributed by atoms with Gasteiger partial charge in [0.15, 0.2) is 6.10 Å². The number of allylic oxidation sites excluding steroid dienone is 20. The molecule has 420 valence electrons. The van der Waals surface area contributed by atoms with Gasteiger partial charge in [0.2, 0.25) is 0 Å². The number of esters is 3. The molecule has 0 amide bonds. The van der Waals surface area contributed by atoms with Crippen LogP contribution in [-0.4, -0.2) is 37.2 Å². The van der Waals surface area contributed by atoms with Crippen molar-refractivity contribution in [1.29, 1.82) is 0 Å². The van der Waals surface area contributed by atoms with Gasteiger partial charge in [-0.25, -0.2) is 0 Å². The number of ether oxygens (including phenoxy) is 3. The third kappa shape index (κ3) is 58.7. The Hall–Kier alpha value is -4.19. The molecule has 0 saturated heterocycles. The van der Waals surface area contributed by atoms with E-state index in [4.69, 9.17) is 14.2 Å². The topological polar surface area (TPSA) is 78.9 Å². The van der Waals surface area contributed by atoms with Crippen LogP contribution in [0.1, 0.15) is 271 Å². The Balaban J connectivity index is 4.12. The third-order valence-corrected chi connectivity index (χ3v) is 12.7. The Morgan fingerprint density at radius 1 is 0.284 bits per heavy atom. The zero-order valence-electron chi connectivity index (χ0n) is 48.1. The summed E-state index contributed by atoms with van der Waals surface area (Å²) in [4.78, 5) is 37.8. The Bertz CT molecular complexity index is 1550. The van der Waals surface area contributed by atoms with E-state index in [1.54, 1.807) is 0 Å². The predicted octanol–water partition coefficient (Wildman–Crippen LogP) is 20.8. The zero-order chi connectivity index (χ0) is 53.6. The first-order chi connectivity index (χ1) is 36.5. The van der Waals surface area contributed by atoms with Gasteiger partial charge in [0.1, 0.15) is 13.2 Å². The third-order valence-electron chi connectivity index (χ3n) is 12.7. The molecule has 0 aromatic carbocycles. The summed E-state index contributed by atoms with van der Waals surface area (Å²) in [5.74, 6) is -0.924. The minimum atomic E-state index is -0.785. The molecule has 0 aliphatic rings. The summed E-state index contributed by atoms with van der Waals surface area (Å²) < 4.78 is 16.7. The van der Waals surface area contributed by atoms with Crippen LogP contribution in [-0.2, 0) is 28.6 Å². The molecular weight excluding hydrogens is 913 g/mol. The van der Waals surface area contributed by atoms with Crippen molar-refractivity contribution in [2.75, 3.05) is 13.2 Å². The summed E-state index contributed by atoms with van der Waals surface area (Å²) in [5, 5.41) is 0. The molecule has 1 unspecified atom stereocenters. The molecule has 0 heterocycles. The molecular formula is C68H112O6. The lowest BCUT2D eigenvalue weighted by molar-refractivity contribution is -0.167. The summed E-state index contributed by atoms with van der Waals surface area (Å²) in [6, 6.07) is 0. The van der Waals surface area contributed by atoms with Gasteiger partial charge in [0, 0.05) is 19.3 Å². The minimum Gasteiger partial charge on any atom is -0.462 e. The number of unbranched alkanes of at least 4 members (excludes halogenated alkanes) is 23. The van der Waals surface area contributed by atoms with Gasteiger partial charge in [-0.2, -0.15) is 0 Å². The van der Waals surface area contributed by atoms with Crippen LogP contribution in [0.4, 0.5) is 0 Å². The lowest BCUT2D eigenvalue weighted by atomic mass is 10.0. The summed E-state index contributed by atoms with van der Waals surface area (Å²) >= 11 is 0. The van der Waals surface area contributed by atoms with Gasteiger partial charge in [-0.1, -0.05) is 277 Å². The fraction of sp³-hybridized carbons (Fsp3) is 0.662. The first kappa shape index (κ1) is 69.8. The molecule has 0 aromatic heterocycles. The molecule has 0 N–H and O–H groups in total. The van der Waals surface area contributed by atoms with E-state index in [9.17, 15) is 14.4 Å². The molecule has 0 aliphatic heterocycles. The molecule has 6 nitrogen and oxygen atoms in total. The lowest BCUT2D eigenvalue weighted by Crippen LogP contribution is -2.30. The average molecular weight is 1030 g/mol. The van der Waals surface area contributed by atoms with Gasteiger partial charge in [-0.15, -0.1) is 0 Å². The van der Waals surface area contributed by atoms with Crippen molar-refractivity contribution in [2.24, 2.45) is 0 Å². The molecule has 0 radical (unpaired) electrons. The maximum atomic E-state index is 12.8. The maximum Gasteiger partial charge on any atom is 0.306 e. The average Bonchev–Trinajstić information content (AvgIpc) is 3.40. The molecule has 0 saturated carbocycles. The molecule has 1 atom stereocenters. The van der Waals surface area contributed by atoms with Gasteiger partial charge in [0.05, 0.1) is 0 Å².